The number of rotatable bonds is 4. The quantitative estimate of drug-likeness (QED) is 0.873. The van der Waals surface area contributed by atoms with Crippen LogP contribution < -0.4 is 5.32 Å². The lowest BCUT2D eigenvalue weighted by Gasteiger charge is -2.05. The van der Waals surface area contributed by atoms with Gasteiger partial charge < -0.3 is 5.32 Å². The fourth-order valence-electron chi connectivity index (χ4n) is 2.02. The van der Waals surface area contributed by atoms with Gasteiger partial charge in [0, 0.05) is 18.7 Å². The van der Waals surface area contributed by atoms with E-state index in [1.54, 1.807) is 0 Å². The topological polar surface area (TPSA) is 29.9 Å². The van der Waals surface area contributed by atoms with E-state index in [9.17, 15) is 0 Å². The van der Waals surface area contributed by atoms with Gasteiger partial charge in [0.1, 0.15) is 0 Å². The molecular formula is C14H19N3. The number of aryl methyl sites for hydroxylation is 2. The van der Waals surface area contributed by atoms with E-state index in [0.29, 0.717) is 0 Å². The van der Waals surface area contributed by atoms with Crippen molar-refractivity contribution in [1.82, 2.24) is 15.1 Å². The predicted octanol–water partition coefficient (Wildman–Crippen LogP) is 2.60. The summed E-state index contributed by atoms with van der Waals surface area (Å²) in [4.78, 5) is 0. The molecule has 0 atom stereocenters. The summed E-state index contributed by atoms with van der Waals surface area (Å²) in [5.41, 5.74) is 4.80. The van der Waals surface area contributed by atoms with Crippen LogP contribution in [0.3, 0.4) is 0 Å². The van der Waals surface area contributed by atoms with Gasteiger partial charge in [0.15, 0.2) is 0 Å². The van der Waals surface area contributed by atoms with Crippen molar-refractivity contribution in [2.45, 2.75) is 26.9 Å². The van der Waals surface area contributed by atoms with Crippen molar-refractivity contribution >= 4 is 0 Å². The standard InChI is InChI=1S/C14H19N3/c1-4-17-14(9-13(16-17)10-15-3)12-7-5-6-11(2)8-12/h5-9,15H,4,10H2,1-3H3. The predicted molar refractivity (Wildman–Crippen MR) is 70.8 cm³/mol. The van der Waals surface area contributed by atoms with Crippen LogP contribution in [0.1, 0.15) is 18.2 Å². The van der Waals surface area contributed by atoms with E-state index in [-0.39, 0.29) is 0 Å². The largest absolute Gasteiger partial charge is 0.314 e. The van der Waals surface area contributed by atoms with Gasteiger partial charge in [-0.1, -0.05) is 23.8 Å². The molecule has 1 N–H and O–H groups in total. The summed E-state index contributed by atoms with van der Waals surface area (Å²) in [5, 5.41) is 7.71. The average Bonchev–Trinajstić information content (AvgIpc) is 2.73. The van der Waals surface area contributed by atoms with Gasteiger partial charge in [-0.05, 0) is 33.0 Å². The van der Waals surface area contributed by atoms with Gasteiger partial charge >= 0.3 is 0 Å². The van der Waals surface area contributed by atoms with Crippen LogP contribution in [-0.2, 0) is 13.1 Å². The molecule has 90 valence electrons. The third-order valence-corrected chi connectivity index (χ3v) is 2.80. The van der Waals surface area contributed by atoms with E-state index < -0.39 is 0 Å². The maximum Gasteiger partial charge on any atom is 0.0768 e. The zero-order valence-corrected chi connectivity index (χ0v) is 10.7. The SMILES string of the molecule is CCn1nc(CNC)cc1-c1cccc(C)c1. The summed E-state index contributed by atoms with van der Waals surface area (Å²) in [5.74, 6) is 0. The molecule has 1 aromatic heterocycles. The molecule has 0 saturated carbocycles. The van der Waals surface area contributed by atoms with Crippen molar-refractivity contribution in [3.8, 4) is 11.3 Å². The van der Waals surface area contributed by atoms with Gasteiger partial charge in [-0.15, -0.1) is 0 Å². The smallest absolute Gasteiger partial charge is 0.0768 e. The zero-order valence-electron chi connectivity index (χ0n) is 10.7. The molecule has 2 aromatic rings. The normalized spacial score (nSPS) is 10.8. The number of nitrogens with zero attached hydrogens (tertiary/aromatic N) is 2. The molecule has 2 rings (SSSR count). The number of nitrogens with one attached hydrogen (secondary N) is 1. The van der Waals surface area contributed by atoms with Crippen molar-refractivity contribution < 1.29 is 0 Å². The van der Waals surface area contributed by atoms with Gasteiger partial charge in [-0.25, -0.2) is 0 Å². The average molecular weight is 229 g/mol. The Hall–Kier alpha value is -1.61. The van der Waals surface area contributed by atoms with Crippen LogP contribution >= 0.6 is 0 Å². The molecular weight excluding hydrogens is 210 g/mol. The minimum Gasteiger partial charge on any atom is -0.314 e. The molecule has 3 heteroatoms. The molecule has 0 saturated heterocycles. The molecule has 0 radical (unpaired) electrons. The van der Waals surface area contributed by atoms with E-state index in [1.165, 1.54) is 16.8 Å². The first-order valence-electron chi connectivity index (χ1n) is 6.03. The fraction of sp³-hybridized carbons (Fsp3) is 0.357. The molecule has 0 aliphatic carbocycles. The summed E-state index contributed by atoms with van der Waals surface area (Å²) in [6, 6.07) is 10.7. The molecule has 3 nitrogen and oxygen atoms in total. The Kier molecular flexibility index (Phi) is 3.59. The second-order valence-corrected chi connectivity index (χ2v) is 4.24. The van der Waals surface area contributed by atoms with Crippen LogP contribution in [0.5, 0.6) is 0 Å². The monoisotopic (exact) mass is 229 g/mol. The van der Waals surface area contributed by atoms with Crippen molar-refractivity contribution in [3.05, 3.63) is 41.6 Å². The van der Waals surface area contributed by atoms with E-state index >= 15 is 0 Å². The van der Waals surface area contributed by atoms with Crippen LogP contribution in [0.4, 0.5) is 0 Å². The lowest BCUT2D eigenvalue weighted by atomic mass is 10.1. The maximum atomic E-state index is 4.58. The van der Waals surface area contributed by atoms with E-state index in [1.807, 2.05) is 7.05 Å². The Morgan fingerprint density at radius 3 is 2.76 bits per heavy atom. The number of aromatic nitrogens is 2. The molecule has 0 fully saturated rings. The Morgan fingerprint density at radius 2 is 2.12 bits per heavy atom. The van der Waals surface area contributed by atoms with Crippen LogP contribution in [0.15, 0.2) is 30.3 Å². The first kappa shape index (κ1) is 11.9. The Labute approximate surface area is 102 Å². The number of hydrogen-bond acceptors (Lipinski definition) is 2. The summed E-state index contributed by atoms with van der Waals surface area (Å²) < 4.78 is 2.06. The van der Waals surface area contributed by atoms with Crippen LogP contribution in [0.25, 0.3) is 11.3 Å². The maximum absolute atomic E-state index is 4.58. The highest BCUT2D eigenvalue weighted by Gasteiger charge is 2.08. The highest BCUT2D eigenvalue weighted by molar-refractivity contribution is 5.61. The number of hydrogen-bond donors (Lipinski definition) is 1. The van der Waals surface area contributed by atoms with E-state index in [4.69, 9.17) is 0 Å². The molecule has 17 heavy (non-hydrogen) atoms. The van der Waals surface area contributed by atoms with Gasteiger partial charge in [-0.2, -0.15) is 5.10 Å². The van der Waals surface area contributed by atoms with Gasteiger partial charge in [0.2, 0.25) is 0 Å². The molecule has 0 unspecified atom stereocenters. The van der Waals surface area contributed by atoms with Gasteiger partial charge in [-0.3, -0.25) is 4.68 Å². The highest BCUT2D eigenvalue weighted by Crippen LogP contribution is 2.21. The summed E-state index contributed by atoms with van der Waals surface area (Å²) in [6.45, 7) is 5.94. The zero-order chi connectivity index (χ0) is 12.3. The molecule has 0 aliphatic rings. The lowest BCUT2D eigenvalue weighted by molar-refractivity contribution is 0.643. The first-order chi connectivity index (χ1) is 8.24. The lowest BCUT2D eigenvalue weighted by Crippen LogP contribution is -2.06. The van der Waals surface area contributed by atoms with Crippen molar-refractivity contribution in [2.24, 2.45) is 0 Å². The van der Waals surface area contributed by atoms with Crippen LogP contribution in [0, 0.1) is 6.92 Å². The third-order valence-electron chi connectivity index (χ3n) is 2.80. The number of benzene rings is 1. The van der Waals surface area contributed by atoms with Gasteiger partial charge in [0.25, 0.3) is 0 Å². The fourth-order valence-corrected chi connectivity index (χ4v) is 2.02. The Balaban J connectivity index is 2.43. The summed E-state index contributed by atoms with van der Waals surface area (Å²) in [6.07, 6.45) is 0. The summed E-state index contributed by atoms with van der Waals surface area (Å²) >= 11 is 0. The minimum atomic E-state index is 0.811. The molecule has 0 spiro atoms. The van der Waals surface area contributed by atoms with Gasteiger partial charge in [0.05, 0.1) is 11.4 Å². The molecule has 1 aromatic carbocycles. The van der Waals surface area contributed by atoms with Crippen molar-refractivity contribution in [2.75, 3.05) is 7.05 Å². The van der Waals surface area contributed by atoms with Crippen molar-refractivity contribution in [3.63, 3.8) is 0 Å². The first-order valence-corrected chi connectivity index (χ1v) is 6.03. The van der Waals surface area contributed by atoms with E-state index in [2.05, 4.69) is 59.3 Å². The molecule has 0 bridgehead atoms. The second-order valence-electron chi connectivity index (χ2n) is 4.24. The highest BCUT2D eigenvalue weighted by atomic mass is 15.3. The molecule has 0 aliphatic heterocycles. The van der Waals surface area contributed by atoms with Crippen LogP contribution in [-0.4, -0.2) is 16.8 Å². The van der Waals surface area contributed by atoms with E-state index in [0.717, 1.165) is 18.8 Å². The molecule has 0 amide bonds. The minimum absolute atomic E-state index is 0.811. The third kappa shape index (κ3) is 2.56. The summed E-state index contributed by atoms with van der Waals surface area (Å²) in [7, 11) is 1.94. The van der Waals surface area contributed by atoms with Crippen LogP contribution in [0.2, 0.25) is 0 Å². The Morgan fingerprint density at radius 1 is 1.29 bits per heavy atom. The molecule has 1 heterocycles. The van der Waals surface area contributed by atoms with Crippen molar-refractivity contribution in [1.29, 1.82) is 0 Å². The Bertz CT molecular complexity index is 500. The second kappa shape index (κ2) is 5.15.